The van der Waals surface area contributed by atoms with Gasteiger partial charge in [0, 0.05) is 12.2 Å². The molecular weight excluding hydrogens is 238 g/mol. The molecule has 1 heterocycles. The van der Waals surface area contributed by atoms with Crippen molar-refractivity contribution in [2.24, 2.45) is 0 Å². The average Bonchev–Trinajstić information content (AvgIpc) is 2.70. The topological polar surface area (TPSA) is 39.1 Å². The van der Waals surface area contributed by atoms with Gasteiger partial charge in [-0.2, -0.15) is 0 Å². The zero-order chi connectivity index (χ0) is 13.7. The fraction of sp³-hybridized carbons (Fsp3) is 0.400. The smallest absolute Gasteiger partial charge is 0.203 e. The van der Waals surface area contributed by atoms with Crippen LogP contribution in [0.15, 0.2) is 36.5 Å². The van der Waals surface area contributed by atoms with Gasteiger partial charge in [0.25, 0.3) is 0 Å². The predicted molar refractivity (Wildman–Crippen MR) is 77.7 cm³/mol. The SMILES string of the molecule is Cc1cn(CCOc2ccccc2)c(NC(C)C)n1. The molecule has 2 aromatic rings. The molecule has 0 unspecified atom stereocenters. The molecule has 1 aromatic carbocycles. The number of benzene rings is 1. The van der Waals surface area contributed by atoms with Crippen molar-refractivity contribution in [1.82, 2.24) is 9.55 Å². The first kappa shape index (κ1) is 13.5. The summed E-state index contributed by atoms with van der Waals surface area (Å²) >= 11 is 0. The molecule has 1 N–H and O–H groups in total. The lowest BCUT2D eigenvalue weighted by molar-refractivity contribution is 0.299. The zero-order valence-corrected chi connectivity index (χ0v) is 11.8. The Morgan fingerprint density at radius 2 is 2.00 bits per heavy atom. The van der Waals surface area contributed by atoms with Gasteiger partial charge in [-0.15, -0.1) is 0 Å². The molecule has 0 aliphatic carbocycles. The molecular formula is C15H21N3O. The third-order valence-electron chi connectivity index (χ3n) is 2.66. The maximum atomic E-state index is 5.70. The molecule has 0 spiro atoms. The third kappa shape index (κ3) is 4.02. The first-order valence-corrected chi connectivity index (χ1v) is 6.63. The monoisotopic (exact) mass is 259 g/mol. The van der Waals surface area contributed by atoms with Crippen LogP contribution in [0.4, 0.5) is 5.95 Å². The molecule has 19 heavy (non-hydrogen) atoms. The van der Waals surface area contributed by atoms with Crippen LogP contribution in [0.3, 0.4) is 0 Å². The van der Waals surface area contributed by atoms with Gasteiger partial charge >= 0.3 is 0 Å². The van der Waals surface area contributed by atoms with E-state index >= 15 is 0 Å². The zero-order valence-electron chi connectivity index (χ0n) is 11.8. The van der Waals surface area contributed by atoms with Crippen LogP contribution < -0.4 is 10.1 Å². The van der Waals surface area contributed by atoms with Crippen LogP contribution in [0.5, 0.6) is 5.75 Å². The van der Waals surface area contributed by atoms with Crippen LogP contribution in [0.1, 0.15) is 19.5 Å². The Kier molecular flexibility index (Phi) is 4.44. The number of hydrogen-bond acceptors (Lipinski definition) is 3. The van der Waals surface area contributed by atoms with E-state index in [0.29, 0.717) is 12.6 Å². The number of hydrogen-bond donors (Lipinski definition) is 1. The van der Waals surface area contributed by atoms with Gasteiger partial charge in [-0.05, 0) is 32.9 Å². The molecule has 0 aliphatic rings. The van der Waals surface area contributed by atoms with E-state index in [1.165, 1.54) is 0 Å². The molecule has 0 radical (unpaired) electrons. The molecule has 0 aliphatic heterocycles. The lowest BCUT2D eigenvalue weighted by Crippen LogP contribution is -2.16. The maximum absolute atomic E-state index is 5.70. The molecule has 102 valence electrons. The summed E-state index contributed by atoms with van der Waals surface area (Å²) in [4.78, 5) is 4.47. The number of aryl methyl sites for hydroxylation is 1. The molecule has 4 heteroatoms. The fourth-order valence-corrected chi connectivity index (χ4v) is 1.87. The van der Waals surface area contributed by atoms with Gasteiger partial charge in [0.15, 0.2) is 0 Å². The molecule has 0 saturated carbocycles. The van der Waals surface area contributed by atoms with E-state index in [4.69, 9.17) is 4.74 Å². The van der Waals surface area contributed by atoms with Crippen molar-refractivity contribution in [3.05, 3.63) is 42.2 Å². The lowest BCUT2D eigenvalue weighted by Gasteiger charge is -2.12. The second-order valence-corrected chi connectivity index (χ2v) is 4.86. The van der Waals surface area contributed by atoms with E-state index in [1.54, 1.807) is 0 Å². The Morgan fingerprint density at radius 1 is 1.26 bits per heavy atom. The number of imidazole rings is 1. The quantitative estimate of drug-likeness (QED) is 0.866. The van der Waals surface area contributed by atoms with Crippen LogP contribution in [0, 0.1) is 6.92 Å². The van der Waals surface area contributed by atoms with Crippen molar-refractivity contribution in [3.8, 4) is 5.75 Å². The Labute approximate surface area is 114 Å². The van der Waals surface area contributed by atoms with Crippen LogP contribution in [0.25, 0.3) is 0 Å². The number of anilines is 1. The maximum Gasteiger partial charge on any atom is 0.203 e. The van der Waals surface area contributed by atoms with Crippen LogP contribution in [-0.2, 0) is 6.54 Å². The summed E-state index contributed by atoms with van der Waals surface area (Å²) in [5.41, 5.74) is 1.02. The summed E-state index contributed by atoms with van der Waals surface area (Å²) in [5.74, 6) is 1.81. The second-order valence-electron chi connectivity index (χ2n) is 4.86. The number of nitrogens with zero attached hydrogens (tertiary/aromatic N) is 2. The minimum Gasteiger partial charge on any atom is -0.492 e. The van der Waals surface area contributed by atoms with E-state index < -0.39 is 0 Å². The highest BCUT2D eigenvalue weighted by Crippen LogP contribution is 2.11. The average molecular weight is 259 g/mol. The molecule has 4 nitrogen and oxygen atoms in total. The molecule has 0 bridgehead atoms. The van der Waals surface area contributed by atoms with Crippen molar-refractivity contribution in [2.75, 3.05) is 11.9 Å². The van der Waals surface area contributed by atoms with Crippen molar-refractivity contribution < 1.29 is 4.74 Å². The summed E-state index contributed by atoms with van der Waals surface area (Å²) in [5, 5.41) is 3.34. The summed E-state index contributed by atoms with van der Waals surface area (Å²) in [6.45, 7) is 7.63. The van der Waals surface area contributed by atoms with E-state index in [1.807, 2.05) is 43.5 Å². The fourth-order valence-electron chi connectivity index (χ4n) is 1.87. The van der Waals surface area contributed by atoms with Crippen LogP contribution in [-0.4, -0.2) is 22.2 Å². The third-order valence-corrected chi connectivity index (χ3v) is 2.66. The molecule has 2 rings (SSSR count). The molecule has 0 fully saturated rings. The molecule has 0 amide bonds. The van der Waals surface area contributed by atoms with Gasteiger partial charge in [-0.3, -0.25) is 0 Å². The highest BCUT2D eigenvalue weighted by atomic mass is 16.5. The highest BCUT2D eigenvalue weighted by Gasteiger charge is 2.06. The van der Waals surface area contributed by atoms with Gasteiger partial charge < -0.3 is 14.6 Å². The van der Waals surface area contributed by atoms with E-state index in [2.05, 4.69) is 28.7 Å². The highest BCUT2D eigenvalue weighted by molar-refractivity contribution is 5.29. The van der Waals surface area contributed by atoms with Gasteiger partial charge in [0.2, 0.25) is 5.95 Å². The van der Waals surface area contributed by atoms with Crippen molar-refractivity contribution in [2.45, 2.75) is 33.4 Å². The number of nitrogens with one attached hydrogen (secondary N) is 1. The van der Waals surface area contributed by atoms with Crippen molar-refractivity contribution in [3.63, 3.8) is 0 Å². The Morgan fingerprint density at radius 3 is 2.68 bits per heavy atom. The lowest BCUT2D eigenvalue weighted by atomic mass is 10.3. The molecule has 0 atom stereocenters. The summed E-state index contributed by atoms with van der Waals surface area (Å²) in [6, 6.07) is 10.2. The first-order chi connectivity index (χ1) is 9.15. The van der Waals surface area contributed by atoms with Gasteiger partial charge in [-0.25, -0.2) is 4.98 Å². The number of aromatic nitrogens is 2. The van der Waals surface area contributed by atoms with Crippen LogP contribution in [0.2, 0.25) is 0 Å². The number of para-hydroxylation sites is 1. The Bertz CT molecular complexity index is 505. The van der Waals surface area contributed by atoms with Gasteiger partial charge in [0.05, 0.1) is 12.2 Å². The minimum atomic E-state index is 0.371. The van der Waals surface area contributed by atoms with E-state index in [9.17, 15) is 0 Å². The standard InChI is InChI=1S/C15H21N3O/c1-12(2)16-15-17-13(3)11-18(15)9-10-19-14-7-5-4-6-8-14/h4-8,11-12H,9-10H2,1-3H3,(H,16,17). The second kappa shape index (κ2) is 6.27. The number of ether oxygens (including phenoxy) is 1. The van der Waals surface area contributed by atoms with Crippen LogP contribution >= 0.6 is 0 Å². The Balaban J connectivity index is 1.92. The molecule has 1 aromatic heterocycles. The number of rotatable bonds is 6. The van der Waals surface area contributed by atoms with Gasteiger partial charge in [-0.1, -0.05) is 18.2 Å². The van der Waals surface area contributed by atoms with E-state index in [-0.39, 0.29) is 0 Å². The normalized spacial score (nSPS) is 10.7. The Hall–Kier alpha value is -1.97. The summed E-state index contributed by atoms with van der Waals surface area (Å²) in [7, 11) is 0. The molecule has 0 saturated heterocycles. The first-order valence-electron chi connectivity index (χ1n) is 6.63. The summed E-state index contributed by atoms with van der Waals surface area (Å²) < 4.78 is 7.80. The van der Waals surface area contributed by atoms with Gasteiger partial charge in [0.1, 0.15) is 12.4 Å². The summed E-state index contributed by atoms with van der Waals surface area (Å²) in [6.07, 6.45) is 2.04. The largest absolute Gasteiger partial charge is 0.492 e. The van der Waals surface area contributed by atoms with Crippen molar-refractivity contribution in [1.29, 1.82) is 0 Å². The van der Waals surface area contributed by atoms with Crippen molar-refractivity contribution >= 4 is 5.95 Å². The van der Waals surface area contributed by atoms with E-state index in [0.717, 1.165) is 23.9 Å². The minimum absolute atomic E-state index is 0.371. The predicted octanol–water partition coefficient (Wildman–Crippen LogP) is 3.09.